The number of rotatable bonds is 4. The van der Waals surface area contributed by atoms with Crippen molar-refractivity contribution in [1.82, 2.24) is 9.55 Å². The zero-order valence-electron chi connectivity index (χ0n) is 10.5. The number of aromatic nitrogens is 2. The molecule has 0 aliphatic heterocycles. The van der Waals surface area contributed by atoms with E-state index in [0.29, 0.717) is 15.8 Å². The molecule has 20 heavy (non-hydrogen) atoms. The fraction of sp³-hybridized carbons (Fsp3) is 0.154. The van der Waals surface area contributed by atoms with Gasteiger partial charge < -0.3 is 9.84 Å². The van der Waals surface area contributed by atoms with Crippen molar-refractivity contribution >= 4 is 21.9 Å². The first kappa shape index (κ1) is 14.3. The molecule has 0 aliphatic carbocycles. The van der Waals surface area contributed by atoms with Crippen molar-refractivity contribution in [2.75, 3.05) is 7.11 Å². The van der Waals surface area contributed by atoms with Crippen LogP contribution in [-0.4, -0.2) is 27.7 Å². The predicted molar refractivity (Wildman–Crippen MR) is 75.3 cm³/mol. The van der Waals surface area contributed by atoms with Crippen molar-refractivity contribution in [2.24, 2.45) is 0 Å². The van der Waals surface area contributed by atoms with Crippen LogP contribution in [0.2, 0.25) is 0 Å². The van der Waals surface area contributed by atoms with Crippen molar-refractivity contribution in [3.63, 3.8) is 0 Å². The van der Waals surface area contributed by atoms with Crippen LogP contribution in [0.3, 0.4) is 0 Å². The lowest BCUT2D eigenvalue weighted by Gasteiger charge is -2.11. The van der Waals surface area contributed by atoms with Crippen LogP contribution in [0.15, 0.2) is 40.0 Å². The minimum atomic E-state index is -1.03. The van der Waals surface area contributed by atoms with E-state index >= 15 is 0 Å². The number of hydrogen-bond donors (Lipinski definition) is 1. The molecule has 0 unspecified atom stereocenters. The number of carboxylic acid groups (broad SMARTS) is 1. The second-order valence-corrected chi connectivity index (χ2v) is 4.86. The van der Waals surface area contributed by atoms with E-state index in [1.165, 1.54) is 36.3 Å². The van der Waals surface area contributed by atoms with Gasteiger partial charge in [0.1, 0.15) is 10.2 Å². The SMILES string of the molecule is COc1ccc(C(=O)O)cc1Cn1cncc(Br)c1=O. The smallest absolute Gasteiger partial charge is 0.335 e. The van der Waals surface area contributed by atoms with Gasteiger partial charge >= 0.3 is 5.97 Å². The molecule has 0 spiro atoms. The van der Waals surface area contributed by atoms with E-state index in [-0.39, 0.29) is 17.7 Å². The molecule has 0 bridgehead atoms. The summed E-state index contributed by atoms with van der Waals surface area (Å²) in [6.45, 7) is 0.176. The van der Waals surface area contributed by atoms with Crippen molar-refractivity contribution < 1.29 is 14.6 Å². The summed E-state index contributed by atoms with van der Waals surface area (Å²) in [5.41, 5.74) is 0.481. The van der Waals surface area contributed by atoms with E-state index in [9.17, 15) is 9.59 Å². The number of carboxylic acids is 1. The van der Waals surface area contributed by atoms with E-state index in [4.69, 9.17) is 9.84 Å². The summed E-state index contributed by atoms with van der Waals surface area (Å²) < 4.78 is 6.89. The molecule has 0 saturated heterocycles. The first-order valence-corrected chi connectivity index (χ1v) is 6.42. The Bertz CT molecular complexity index is 712. The highest BCUT2D eigenvalue weighted by atomic mass is 79.9. The third kappa shape index (κ3) is 2.88. The van der Waals surface area contributed by atoms with Crippen molar-refractivity contribution in [2.45, 2.75) is 6.54 Å². The fourth-order valence-electron chi connectivity index (χ4n) is 1.76. The number of nitrogens with zero attached hydrogens (tertiary/aromatic N) is 2. The number of carbonyl (C=O) groups is 1. The summed E-state index contributed by atoms with van der Waals surface area (Å²) in [5, 5.41) is 9.01. The first-order chi connectivity index (χ1) is 9.52. The zero-order chi connectivity index (χ0) is 14.7. The third-order valence-corrected chi connectivity index (χ3v) is 3.27. The molecule has 0 amide bonds. The van der Waals surface area contributed by atoms with Gasteiger partial charge in [-0.2, -0.15) is 0 Å². The minimum Gasteiger partial charge on any atom is -0.496 e. The summed E-state index contributed by atoms with van der Waals surface area (Å²) in [4.78, 5) is 26.8. The molecule has 0 fully saturated rings. The third-order valence-electron chi connectivity index (χ3n) is 2.73. The second-order valence-electron chi connectivity index (χ2n) is 4.01. The topological polar surface area (TPSA) is 81.4 Å². The molecule has 0 aliphatic rings. The summed E-state index contributed by atoms with van der Waals surface area (Å²) in [6.07, 6.45) is 2.80. The average molecular weight is 339 g/mol. The van der Waals surface area contributed by atoms with Gasteiger partial charge in [0.25, 0.3) is 5.56 Å². The number of benzene rings is 1. The molecule has 104 valence electrons. The molecule has 0 radical (unpaired) electrons. The molecular weight excluding hydrogens is 328 g/mol. The van der Waals surface area contributed by atoms with Gasteiger partial charge in [-0.15, -0.1) is 0 Å². The molecule has 6 nitrogen and oxygen atoms in total. The number of halogens is 1. The van der Waals surface area contributed by atoms with Crippen molar-refractivity contribution in [3.05, 3.63) is 56.7 Å². The lowest BCUT2D eigenvalue weighted by atomic mass is 10.1. The number of aromatic carboxylic acids is 1. The monoisotopic (exact) mass is 338 g/mol. The van der Waals surface area contributed by atoms with Crippen LogP contribution in [-0.2, 0) is 6.54 Å². The van der Waals surface area contributed by atoms with Crippen LogP contribution >= 0.6 is 15.9 Å². The van der Waals surface area contributed by atoms with Crippen molar-refractivity contribution in [3.8, 4) is 5.75 Å². The van der Waals surface area contributed by atoms with E-state index in [2.05, 4.69) is 20.9 Å². The predicted octanol–water partition coefficient (Wildman–Crippen LogP) is 1.76. The molecule has 1 aromatic heterocycles. The Balaban J connectivity index is 2.46. The Kier molecular flexibility index (Phi) is 4.19. The van der Waals surface area contributed by atoms with Gasteiger partial charge in [-0.3, -0.25) is 9.36 Å². The maximum atomic E-state index is 11.9. The zero-order valence-corrected chi connectivity index (χ0v) is 12.1. The number of methoxy groups -OCH3 is 1. The van der Waals surface area contributed by atoms with Gasteiger partial charge in [-0.1, -0.05) is 0 Å². The van der Waals surface area contributed by atoms with Crippen LogP contribution in [0.25, 0.3) is 0 Å². The van der Waals surface area contributed by atoms with Crippen LogP contribution in [0.4, 0.5) is 0 Å². The van der Waals surface area contributed by atoms with E-state index in [1.807, 2.05) is 0 Å². The average Bonchev–Trinajstić information content (AvgIpc) is 2.43. The second kappa shape index (κ2) is 5.87. The van der Waals surface area contributed by atoms with Gasteiger partial charge in [0.2, 0.25) is 0 Å². The van der Waals surface area contributed by atoms with Crippen LogP contribution < -0.4 is 10.3 Å². The molecular formula is C13H11BrN2O4. The van der Waals surface area contributed by atoms with Gasteiger partial charge in [-0.25, -0.2) is 9.78 Å². The number of hydrogen-bond acceptors (Lipinski definition) is 4. The highest BCUT2D eigenvalue weighted by Crippen LogP contribution is 2.20. The lowest BCUT2D eigenvalue weighted by molar-refractivity contribution is 0.0696. The minimum absolute atomic E-state index is 0.136. The van der Waals surface area contributed by atoms with Gasteiger partial charge in [0, 0.05) is 11.8 Å². The van der Waals surface area contributed by atoms with Gasteiger partial charge in [0.05, 0.1) is 25.5 Å². The quantitative estimate of drug-likeness (QED) is 0.918. The first-order valence-electron chi connectivity index (χ1n) is 5.63. The Morgan fingerprint density at radius 3 is 2.90 bits per heavy atom. The molecule has 2 aromatic rings. The molecule has 1 aromatic carbocycles. The molecule has 1 heterocycles. The van der Waals surface area contributed by atoms with E-state index in [0.717, 1.165) is 0 Å². The molecule has 7 heteroatoms. The maximum absolute atomic E-state index is 11.9. The number of ether oxygens (including phenoxy) is 1. The molecule has 0 atom stereocenters. The Hall–Kier alpha value is -2.15. The van der Waals surface area contributed by atoms with E-state index < -0.39 is 5.97 Å². The van der Waals surface area contributed by atoms with E-state index in [1.54, 1.807) is 6.07 Å². The summed E-state index contributed by atoms with van der Waals surface area (Å²) in [5.74, 6) is -0.518. The molecule has 1 N–H and O–H groups in total. The van der Waals surface area contributed by atoms with Gasteiger partial charge in [-0.05, 0) is 34.1 Å². The van der Waals surface area contributed by atoms with Gasteiger partial charge in [0.15, 0.2) is 0 Å². The summed E-state index contributed by atoms with van der Waals surface area (Å²) >= 11 is 3.11. The Labute approximate surface area is 122 Å². The van der Waals surface area contributed by atoms with Crippen LogP contribution in [0.1, 0.15) is 15.9 Å². The summed E-state index contributed by atoms with van der Waals surface area (Å²) in [6, 6.07) is 4.50. The largest absolute Gasteiger partial charge is 0.496 e. The Morgan fingerprint density at radius 2 is 2.25 bits per heavy atom. The lowest BCUT2D eigenvalue weighted by Crippen LogP contribution is -2.21. The standard InChI is InChI=1S/C13H11BrN2O4/c1-20-11-3-2-8(13(18)19)4-9(11)6-16-7-15-5-10(14)12(16)17/h2-5,7H,6H2,1H3,(H,18,19). The summed E-state index contributed by atoms with van der Waals surface area (Å²) in [7, 11) is 1.49. The van der Waals surface area contributed by atoms with Crippen LogP contribution in [0.5, 0.6) is 5.75 Å². The fourth-order valence-corrected chi connectivity index (χ4v) is 2.10. The normalized spacial score (nSPS) is 10.3. The maximum Gasteiger partial charge on any atom is 0.335 e. The highest BCUT2D eigenvalue weighted by molar-refractivity contribution is 9.10. The molecule has 0 saturated carbocycles. The highest BCUT2D eigenvalue weighted by Gasteiger charge is 2.11. The van der Waals surface area contributed by atoms with Crippen LogP contribution in [0, 0.1) is 0 Å². The Morgan fingerprint density at radius 1 is 1.50 bits per heavy atom. The van der Waals surface area contributed by atoms with Crippen molar-refractivity contribution in [1.29, 1.82) is 0 Å². The molecule has 2 rings (SSSR count).